The third kappa shape index (κ3) is 4.88. The van der Waals surface area contributed by atoms with Crippen LogP contribution in [0.1, 0.15) is 19.8 Å². The van der Waals surface area contributed by atoms with Crippen molar-refractivity contribution in [3.63, 3.8) is 0 Å². The molecule has 0 radical (unpaired) electrons. The maximum absolute atomic E-state index is 11.4. The van der Waals surface area contributed by atoms with Crippen LogP contribution < -0.4 is 5.73 Å². The minimum atomic E-state index is -0.894. The minimum Gasteiger partial charge on any atom is -0.468 e. The van der Waals surface area contributed by atoms with E-state index >= 15 is 0 Å². The van der Waals surface area contributed by atoms with E-state index in [1.165, 1.54) is 7.11 Å². The predicted octanol–water partition coefficient (Wildman–Crippen LogP) is 3.10. The summed E-state index contributed by atoms with van der Waals surface area (Å²) in [4.78, 5) is 12.5. The van der Waals surface area contributed by atoms with E-state index in [1.54, 1.807) is 18.7 Å². The number of benzene rings is 1. The quantitative estimate of drug-likeness (QED) is 0.496. The summed E-state index contributed by atoms with van der Waals surface area (Å²) in [5.74, 6) is 0.546. The molecule has 0 saturated carbocycles. The molecule has 0 fully saturated rings. The molecule has 3 nitrogen and oxygen atoms in total. The van der Waals surface area contributed by atoms with E-state index in [0.717, 1.165) is 22.1 Å². The average molecular weight is 288 g/mol. The summed E-state index contributed by atoms with van der Waals surface area (Å²) in [6.07, 6.45) is 1.47. The Morgan fingerprint density at radius 3 is 2.61 bits per heavy atom. The van der Waals surface area contributed by atoms with Crippen molar-refractivity contribution >= 4 is 29.3 Å². The number of methoxy groups -OCH3 is 1. The molecule has 2 N–H and O–H groups in total. The summed E-state index contributed by atoms with van der Waals surface area (Å²) < 4.78 is 4.66. The Morgan fingerprint density at radius 2 is 2.06 bits per heavy atom. The molecule has 0 aliphatic carbocycles. The number of hydrogen-bond donors (Lipinski definition) is 1. The standard InChI is InChI=1S/C13H18ClNO2S/c1-13(15,12(16)17-2)8-3-9-18-11-6-4-10(14)5-7-11/h4-7H,3,8-9,15H2,1-2H3. The normalized spacial score (nSPS) is 14.0. The van der Waals surface area contributed by atoms with Gasteiger partial charge >= 0.3 is 5.97 Å². The Labute approximate surface area is 117 Å². The number of hydrogen-bond acceptors (Lipinski definition) is 4. The molecule has 0 aliphatic rings. The number of halogens is 1. The van der Waals surface area contributed by atoms with Crippen LogP contribution >= 0.6 is 23.4 Å². The number of nitrogens with two attached hydrogens (primary N) is 1. The third-order valence-electron chi connectivity index (χ3n) is 2.57. The summed E-state index contributed by atoms with van der Waals surface area (Å²) in [6.45, 7) is 1.70. The molecule has 5 heteroatoms. The van der Waals surface area contributed by atoms with Crippen LogP contribution in [-0.2, 0) is 9.53 Å². The van der Waals surface area contributed by atoms with Crippen molar-refractivity contribution in [2.75, 3.05) is 12.9 Å². The summed E-state index contributed by atoms with van der Waals surface area (Å²) in [5.41, 5.74) is 4.98. The van der Waals surface area contributed by atoms with Crippen LogP contribution in [0, 0.1) is 0 Å². The van der Waals surface area contributed by atoms with E-state index in [9.17, 15) is 4.79 Å². The van der Waals surface area contributed by atoms with Crippen molar-refractivity contribution in [2.24, 2.45) is 5.73 Å². The van der Waals surface area contributed by atoms with Gasteiger partial charge in [0, 0.05) is 9.92 Å². The fourth-order valence-electron chi connectivity index (χ4n) is 1.50. The van der Waals surface area contributed by atoms with E-state index < -0.39 is 5.54 Å². The van der Waals surface area contributed by atoms with Crippen molar-refractivity contribution < 1.29 is 9.53 Å². The maximum Gasteiger partial charge on any atom is 0.325 e. The van der Waals surface area contributed by atoms with E-state index in [2.05, 4.69) is 4.74 Å². The van der Waals surface area contributed by atoms with Crippen LogP contribution in [-0.4, -0.2) is 24.4 Å². The zero-order valence-corrected chi connectivity index (χ0v) is 12.2. The molecule has 0 saturated heterocycles. The molecule has 0 spiro atoms. The molecule has 0 bridgehead atoms. The molecule has 0 aromatic heterocycles. The van der Waals surface area contributed by atoms with E-state index in [0.29, 0.717) is 6.42 Å². The predicted molar refractivity (Wildman–Crippen MR) is 76.0 cm³/mol. The van der Waals surface area contributed by atoms with Crippen LogP contribution in [0.3, 0.4) is 0 Å². The highest BCUT2D eigenvalue weighted by Crippen LogP contribution is 2.22. The maximum atomic E-state index is 11.4. The molecular formula is C13H18ClNO2S. The monoisotopic (exact) mass is 287 g/mol. The van der Waals surface area contributed by atoms with E-state index in [-0.39, 0.29) is 5.97 Å². The zero-order valence-electron chi connectivity index (χ0n) is 10.6. The molecule has 1 atom stereocenters. The van der Waals surface area contributed by atoms with Crippen LogP contribution in [0.5, 0.6) is 0 Å². The van der Waals surface area contributed by atoms with Crippen LogP contribution in [0.2, 0.25) is 5.02 Å². The lowest BCUT2D eigenvalue weighted by atomic mass is 9.98. The first-order valence-corrected chi connectivity index (χ1v) is 7.08. The van der Waals surface area contributed by atoms with E-state index in [4.69, 9.17) is 17.3 Å². The summed E-state index contributed by atoms with van der Waals surface area (Å²) in [5, 5.41) is 0.736. The van der Waals surface area contributed by atoms with Gasteiger partial charge in [0.1, 0.15) is 5.54 Å². The lowest BCUT2D eigenvalue weighted by molar-refractivity contribution is -0.146. The fourth-order valence-corrected chi connectivity index (χ4v) is 2.47. The Kier molecular flexibility index (Phi) is 5.99. The van der Waals surface area contributed by atoms with Gasteiger partial charge in [-0.1, -0.05) is 11.6 Å². The molecular weight excluding hydrogens is 270 g/mol. The topological polar surface area (TPSA) is 52.3 Å². The first-order chi connectivity index (χ1) is 8.45. The number of thioether (sulfide) groups is 1. The van der Waals surface area contributed by atoms with Gasteiger partial charge in [0.15, 0.2) is 0 Å². The molecule has 1 aromatic carbocycles. The fraction of sp³-hybridized carbons (Fsp3) is 0.462. The van der Waals surface area contributed by atoms with Crippen molar-refractivity contribution in [3.05, 3.63) is 29.3 Å². The summed E-state index contributed by atoms with van der Waals surface area (Å²) in [7, 11) is 1.36. The second-order valence-corrected chi connectivity index (χ2v) is 5.92. The zero-order chi connectivity index (χ0) is 13.6. The second-order valence-electron chi connectivity index (χ2n) is 4.31. The largest absolute Gasteiger partial charge is 0.468 e. The first kappa shape index (κ1) is 15.3. The molecule has 18 heavy (non-hydrogen) atoms. The van der Waals surface area contributed by atoms with Gasteiger partial charge in [-0.2, -0.15) is 0 Å². The molecule has 1 rings (SSSR count). The highest BCUT2D eigenvalue weighted by atomic mass is 35.5. The van der Waals surface area contributed by atoms with Gasteiger partial charge in [0.2, 0.25) is 0 Å². The molecule has 0 aliphatic heterocycles. The number of rotatable bonds is 6. The molecule has 1 aromatic rings. The van der Waals surface area contributed by atoms with Gasteiger partial charge in [0.25, 0.3) is 0 Å². The molecule has 0 heterocycles. The van der Waals surface area contributed by atoms with Crippen LogP contribution in [0.4, 0.5) is 0 Å². The number of carbonyl (C=O) groups excluding carboxylic acids is 1. The smallest absolute Gasteiger partial charge is 0.325 e. The van der Waals surface area contributed by atoms with Gasteiger partial charge in [0.05, 0.1) is 7.11 Å². The lowest BCUT2D eigenvalue weighted by Gasteiger charge is -2.20. The van der Waals surface area contributed by atoms with Gasteiger partial charge in [-0.25, -0.2) is 0 Å². The molecule has 100 valence electrons. The van der Waals surface area contributed by atoms with E-state index in [1.807, 2.05) is 24.3 Å². The Morgan fingerprint density at radius 1 is 1.44 bits per heavy atom. The molecule has 0 amide bonds. The lowest BCUT2D eigenvalue weighted by Crippen LogP contribution is -2.45. The van der Waals surface area contributed by atoms with Gasteiger partial charge < -0.3 is 10.5 Å². The van der Waals surface area contributed by atoms with Crippen molar-refractivity contribution in [1.29, 1.82) is 0 Å². The number of ether oxygens (including phenoxy) is 1. The first-order valence-electron chi connectivity index (χ1n) is 5.71. The molecule has 1 unspecified atom stereocenters. The van der Waals surface area contributed by atoms with Crippen molar-refractivity contribution in [3.8, 4) is 0 Å². The van der Waals surface area contributed by atoms with Crippen molar-refractivity contribution in [2.45, 2.75) is 30.2 Å². The SMILES string of the molecule is COC(=O)C(C)(N)CCCSc1ccc(Cl)cc1. The second kappa shape index (κ2) is 7.02. The van der Waals surface area contributed by atoms with Gasteiger partial charge in [-0.15, -0.1) is 11.8 Å². The van der Waals surface area contributed by atoms with Crippen molar-refractivity contribution in [1.82, 2.24) is 0 Å². The Bertz CT molecular complexity index is 392. The Balaban J connectivity index is 2.30. The highest BCUT2D eigenvalue weighted by Gasteiger charge is 2.28. The van der Waals surface area contributed by atoms with Crippen LogP contribution in [0.15, 0.2) is 29.2 Å². The Hall–Kier alpha value is -0.710. The number of esters is 1. The van der Waals surface area contributed by atoms with Gasteiger partial charge in [-0.05, 0) is 49.8 Å². The minimum absolute atomic E-state index is 0.362. The number of carbonyl (C=O) groups is 1. The van der Waals surface area contributed by atoms with Crippen LogP contribution in [0.25, 0.3) is 0 Å². The summed E-state index contributed by atoms with van der Waals surface area (Å²) >= 11 is 7.53. The highest BCUT2D eigenvalue weighted by molar-refractivity contribution is 7.99. The third-order valence-corrected chi connectivity index (χ3v) is 3.92. The summed E-state index contributed by atoms with van der Waals surface area (Å²) in [6, 6.07) is 7.70. The van der Waals surface area contributed by atoms with Gasteiger partial charge in [-0.3, -0.25) is 4.79 Å². The average Bonchev–Trinajstić information content (AvgIpc) is 2.35.